The van der Waals surface area contributed by atoms with Crippen molar-refractivity contribution >= 4 is 10.0 Å². The minimum Gasteiger partial charge on any atom is -0.428 e. The first-order valence-corrected chi connectivity index (χ1v) is 7.64. The van der Waals surface area contributed by atoms with Crippen LogP contribution in [0.15, 0.2) is 23.1 Å². The number of hydrogen-bond donors (Lipinski definition) is 1. The molecule has 2 N–H and O–H groups in total. The van der Waals surface area contributed by atoms with Gasteiger partial charge in [-0.1, -0.05) is 13.8 Å². The van der Waals surface area contributed by atoms with Crippen molar-refractivity contribution < 1.29 is 22.6 Å². The largest absolute Gasteiger partial charge is 0.428 e. The van der Waals surface area contributed by atoms with Gasteiger partial charge < -0.3 is 14.2 Å². The predicted octanol–water partition coefficient (Wildman–Crippen LogP) is 1.59. The molecule has 2 rings (SSSR count). The van der Waals surface area contributed by atoms with Gasteiger partial charge in [0.1, 0.15) is 0 Å². The molecule has 0 fully saturated rings. The number of ether oxygens (including phenoxy) is 3. The second-order valence-corrected chi connectivity index (χ2v) is 5.81. The van der Waals surface area contributed by atoms with E-state index in [9.17, 15) is 8.42 Å². The molecular weight excluding hydrogens is 270 g/mol. The third-order valence-corrected chi connectivity index (χ3v) is 3.82. The summed E-state index contributed by atoms with van der Waals surface area (Å²) in [4.78, 5) is -0.0157. The van der Waals surface area contributed by atoms with Crippen molar-refractivity contribution in [2.75, 3.05) is 0 Å². The van der Waals surface area contributed by atoms with Crippen molar-refractivity contribution in [3.05, 3.63) is 18.2 Å². The maximum Gasteiger partial charge on any atom is 0.361 e. The molecular formula is C12H17NO5S. The van der Waals surface area contributed by atoms with Crippen molar-refractivity contribution in [2.24, 2.45) is 5.14 Å². The molecule has 0 spiro atoms. The highest BCUT2D eigenvalue weighted by molar-refractivity contribution is 7.89. The van der Waals surface area contributed by atoms with Gasteiger partial charge in [-0.15, -0.1) is 0 Å². The standard InChI is InChI=1S/C12H17NO5S/c1-3-8(4-2)16-12-17-10-6-5-9(19(13,14)15)7-11(10)18-12/h5-8,12H,3-4H2,1-2H3,(H2,13,14,15). The molecule has 0 amide bonds. The molecule has 0 aromatic heterocycles. The van der Waals surface area contributed by atoms with Crippen LogP contribution in [-0.2, 0) is 14.8 Å². The number of fused-ring (bicyclic) bond motifs is 1. The highest BCUT2D eigenvalue weighted by Gasteiger charge is 2.28. The van der Waals surface area contributed by atoms with Gasteiger partial charge in [0.15, 0.2) is 11.5 Å². The molecule has 1 aromatic carbocycles. The minimum atomic E-state index is -3.75. The summed E-state index contributed by atoms with van der Waals surface area (Å²) >= 11 is 0. The summed E-state index contributed by atoms with van der Waals surface area (Å²) in [5.41, 5.74) is 0. The van der Waals surface area contributed by atoms with Crippen molar-refractivity contribution in [2.45, 2.75) is 44.2 Å². The van der Waals surface area contributed by atoms with Crippen LogP contribution in [0.4, 0.5) is 0 Å². The van der Waals surface area contributed by atoms with Crippen molar-refractivity contribution in [1.82, 2.24) is 0 Å². The molecule has 106 valence electrons. The number of sulfonamides is 1. The van der Waals surface area contributed by atoms with Crippen molar-refractivity contribution in [3.63, 3.8) is 0 Å². The quantitative estimate of drug-likeness (QED) is 0.888. The van der Waals surface area contributed by atoms with E-state index in [2.05, 4.69) is 0 Å². The molecule has 6 nitrogen and oxygen atoms in total. The van der Waals surface area contributed by atoms with Gasteiger partial charge in [0.25, 0.3) is 0 Å². The zero-order valence-electron chi connectivity index (χ0n) is 10.8. The Morgan fingerprint density at radius 3 is 2.47 bits per heavy atom. The Bertz CT molecular complexity index is 553. The van der Waals surface area contributed by atoms with E-state index in [-0.39, 0.29) is 11.0 Å². The van der Waals surface area contributed by atoms with Gasteiger partial charge in [0.2, 0.25) is 10.0 Å². The summed E-state index contributed by atoms with van der Waals surface area (Å²) in [6.45, 7) is 3.18. The van der Waals surface area contributed by atoms with Crippen LogP contribution in [-0.4, -0.2) is 21.0 Å². The van der Waals surface area contributed by atoms with Gasteiger partial charge in [-0.3, -0.25) is 0 Å². The second-order valence-electron chi connectivity index (χ2n) is 4.25. The zero-order chi connectivity index (χ0) is 14.0. The number of benzene rings is 1. The highest BCUT2D eigenvalue weighted by Crippen LogP contribution is 2.36. The number of hydrogen-bond acceptors (Lipinski definition) is 5. The van der Waals surface area contributed by atoms with Crippen molar-refractivity contribution in [1.29, 1.82) is 0 Å². The minimum absolute atomic E-state index is 0.0157. The Morgan fingerprint density at radius 2 is 1.89 bits per heavy atom. The van der Waals surface area contributed by atoms with Crippen LogP contribution in [0.3, 0.4) is 0 Å². The number of nitrogens with two attached hydrogens (primary N) is 1. The second kappa shape index (κ2) is 5.36. The van der Waals surface area contributed by atoms with Gasteiger partial charge in [-0.05, 0) is 25.0 Å². The lowest BCUT2D eigenvalue weighted by Gasteiger charge is -2.17. The Morgan fingerprint density at radius 1 is 1.26 bits per heavy atom. The molecule has 0 aliphatic carbocycles. The smallest absolute Gasteiger partial charge is 0.361 e. The van der Waals surface area contributed by atoms with Crippen LogP contribution < -0.4 is 14.6 Å². The molecule has 1 aliphatic rings. The first kappa shape index (κ1) is 14.1. The van der Waals surface area contributed by atoms with Crippen LogP contribution in [0.5, 0.6) is 11.5 Å². The van der Waals surface area contributed by atoms with E-state index < -0.39 is 16.5 Å². The highest BCUT2D eigenvalue weighted by atomic mass is 32.2. The SMILES string of the molecule is CCC(CC)OC1Oc2ccc(S(N)(=O)=O)cc2O1. The molecule has 0 bridgehead atoms. The van der Waals surface area contributed by atoms with Crippen LogP contribution >= 0.6 is 0 Å². The summed E-state index contributed by atoms with van der Waals surface area (Å²) in [6, 6.07) is 4.21. The van der Waals surface area contributed by atoms with E-state index in [1.165, 1.54) is 18.2 Å². The number of primary sulfonamides is 1. The van der Waals surface area contributed by atoms with E-state index in [1.807, 2.05) is 13.8 Å². The molecule has 7 heteroatoms. The topological polar surface area (TPSA) is 87.9 Å². The van der Waals surface area contributed by atoms with Crippen LogP contribution in [0.25, 0.3) is 0 Å². The fraction of sp³-hybridized carbons (Fsp3) is 0.500. The normalized spacial score (nSPS) is 18.0. The molecule has 1 aliphatic heterocycles. The number of rotatable bonds is 5. The monoisotopic (exact) mass is 287 g/mol. The molecule has 1 atom stereocenters. The van der Waals surface area contributed by atoms with Crippen LogP contribution in [0, 0.1) is 0 Å². The Hall–Kier alpha value is -1.31. The predicted molar refractivity (Wildman–Crippen MR) is 68.3 cm³/mol. The van der Waals surface area contributed by atoms with Crippen LogP contribution in [0.1, 0.15) is 26.7 Å². The lowest BCUT2D eigenvalue weighted by molar-refractivity contribution is -0.205. The van der Waals surface area contributed by atoms with Gasteiger partial charge >= 0.3 is 6.48 Å². The third-order valence-electron chi connectivity index (χ3n) is 2.90. The lowest BCUT2D eigenvalue weighted by Crippen LogP contribution is -2.27. The fourth-order valence-electron chi connectivity index (χ4n) is 1.78. The summed E-state index contributed by atoms with van der Waals surface area (Å²) in [5.74, 6) is 0.769. The third kappa shape index (κ3) is 3.17. The van der Waals surface area contributed by atoms with Gasteiger partial charge in [-0.2, -0.15) is 0 Å². The summed E-state index contributed by atoms with van der Waals surface area (Å²) in [7, 11) is -3.75. The average molecular weight is 287 g/mol. The van der Waals surface area contributed by atoms with E-state index in [0.717, 1.165) is 12.8 Å². The van der Waals surface area contributed by atoms with Gasteiger partial charge in [0.05, 0.1) is 11.0 Å². The van der Waals surface area contributed by atoms with E-state index in [4.69, 9.17) is 19.3 Å². The van der Waals surface area contributed by atoms with Crippen molar-refractivity contribution in [3.8, 4) is 11.5 Å². The summed E-state index contributed by atoms with van der Waals surface area (Å²) < 4.78 is 38.9. The first-order valence-electron chi connectivity index (χ1n) is 6.09. The Kier molecular flexibility index (Phi) is 3.98. The van der Waals surface area contributed by atoms with E-state index >= 15 is 0 Å². The summed E-state index contributed by atoms with van der Waals surface area (Å²) in [5, 5.41) is 5.05. The molecule has 0 saturated carbocycles. The maximum absolute atomic E-state index is 11.2. The Balaban J connectivity index is 2.12. The molecule has 1 heterocycles. The molecule has 1 aromatic rings. The average Bonchev–Trinajstić information content (AvgIpc) is 2.76. The first-order chi connectivity index (χ1) is 8.94. The molecule has 0 saturated heterocycles. The Labute approximate surface area is 112 Å². The molecule has 1 unspecified atom stereocenters. The van der Waals surface area contributed by atoms with E-state index in [0.29, 0.717) is 11.5 Å². The maximum atomic E-state index is 11.2. The fourth-order valence-corrected chi connectivity index (χ4v) is 2.31. The molecule has 19 heavy (non-hydrogen) atoms. The van der Waals surface area contributed by atoms with Gasteiger partial charge in [-0.25, -0.2) is 13.6 Å². The summed E-state index contributed by atoms with van der Waals surface area (Å²) in [6.07, 6.45) is 1.73. The molecule has 0 radical (unpaired) electrons. The van der Waals surface area contributed by atoms with Gasteiger partial charge in [0, 0.05) is 6.07 Å². The van der Waals surface area contributed by atoms with Crippen LogP contribution in [0.2, 0.25) is 0 Å². The lowest BCUT2D eigenvalue weighted by atomic mass is 10.2. The zero-order valence-corrected chi connectivity index (χ0v) is 11.6. The van der Waals surface area contributed by atoms with E-state index in [1.54, 1.807) is 0 Å².